The van der Waals surface area contributed by atoms with Crippen LogP contribution in [0.2, 0.25) is 0 Å². The highest BCUT2D eigenvalue weighted by molar-refractivity contribution is 6.07. The average Bonchev–Trinajstić information content (AvgIpc) is 3.15. The van der Waals surface area contributed by atoms with Crippen molar-refractivity contribution >= 4 is 17.9 Å². The summed E-state index contributed by atoms with van der Waals surface area (Å²) in [6, 6.07) is 10.4. The van der Waals surface area contributed by atoms with Gasteiger partial charge in [0.1, 0.15) is 0 Å². The summed E-state index contributed by atoms with van der Waals surface area (Å²) in [5.41, 5.74) is 1.49. The van der Waals surface area contributed by atoms with Crippen molar-refractivity contribution in [2.24, 2.45) is 0 Å². The summed E-state index contributed by atoms with van der Waals surface area (Å²) in [7, 11) is 0. The molecule has 2 aliphatic heterocycles. The second-order valence-electron chi connectivity index (χ2n) is 9.11. The van der Waals surface area contributed by atoms with Crippen molar-refractivity contribution in [3.8, 4) is 0 Å². The summed E-state index contributed by atoms with van der Waals surface area (Å²) in [5.74, 6) is -0.785. The molecule has 2 N–H and O–H groups in total. The van der Waals surface area contributed by atoms with Crippen molar-refractivity contribution in [1.29, 1.82) is 0 Å². The summed E-state index contributed by atoms with van der Waals surface area (Å²) in [4.78, 5) is 40.6. The summed E-state index contributed by atoms with van der Waals surface area (Å²) in [5, 5.41) is 13.4. The third-order valence-corrected chi connectivity index (χ3v) is 7.12. The maximum Gasteiger partial charge on any atom is 0.409 e. The highest BCUT2D eigenvalue weighted by atomic mass is 16.6. The van der Waals surface area contributed by atoms with E-state index in [2.05, 4.69) is 29.6 Å². The average molecular weight is 456 g/mol. The van der Waals surface area contributed by atoms with Crippen LogP contribution in [0.4, 0.5) is 4.79 Å². The van der Waals surface area contributed by atoms with Gasteiger partial charge >= 0.3 is 6.09 Å². The van der Waals surface area contributed by atoms with Crippen molar-refractivity contribution in [2.45, 2.75) is 63.5 Å². The Balaban J connectivity index is 1.28. The minimum absolute atomic E-state index is 0.0507. The summed E-state index contributed by atoms with van der Waals surface area (Å²) in [6.45, 7) is 3.18. The molecule has 0 bridgehead atoms. The molecule has 1 saturated heterocycles. The van der Waals surface area contributed by atoms with Gasteiger partial charge in [0.15, 0.2) is 5.76 Å². The van der Waals surface area contributed by atoms with E-state index in [0.717, 1.165) is 25.7 Å². The number of likely N-dealkylation sites (tertiary alicyclic amines) is 1. The predicted molar refractivity (Wildman–Crippen MR) is 123 cm³/mol. The first kappa shape index (κ1) is 23.1. The maximum absolute atomic E-state index is 12.9. The highest BCUT2D eigenvalue weighted by Gasteiger charge is 2.40. The van der Waals surface area contributed by atoms with Crippen LogP contribution in [0.1, 0.15) is 56.9 Å². The molecule has 2 heterocycles. The maximum atomic E-state index is 12.9. The molecule has 1 aliphatic carbocycles. The highest BCUT2D eigenvalue weighted by Crippen LogP contribution is 2.33. The number of piperidine rings is 1. The molecule has 0 unspecified atom stereocenters. The first-order valence-electron chi connectivity index (χ1n) is 12.0. The van der Waals surface area contributed by atoms with E-state index >= 15 is 0 Å². The smallest absolute Gasteiger partial charge is 0.409 e. The Hall–Kier alpha value is -3.03. The summed E-state index contributed by atoms with van der Waals surface area (Å²) in [6.07, 6.45) is 4.61. The Kier molecular flexibility index (Phi) is 7.20. The Bertz CT molecular complexity index is 900. The van der Waals surface area contributed by atoms with Crippen LogP contribution in [0.3, 0.4) is 0 Å². The molecule has 8 heteroatoms. The molecule has 0 spiro atoms. The largest absolute Gasteiger partial charge is 0.503 e. The normalized spacial score (nSPS) is 24.2. The van der Waals surface area contributed by atoms with E-state index in [1.54, 1.807) is 16.7 Å². The van der Waals surface area contributed by atoms with Gasteiger partial charge in [-0.1, -0.05) is 30.3 Å². The number of aliphatic hydroxyl groups excluding tert-OH is 1. The zero-order valence-electron chi connectivity index (χ0n) is 19.2. The molecule has 1 aromatic rings. The van der Waals surface area contributed by atoms with Crippen LogP contribution in [-0.4, -0.2) is 71.1 Å². The van der Waals surface area contributed by atoms with Crippen LogP contribution in [0.15, 0.2) is 41.7 Å². The standard InChI is InChI=1S/C25H33N3O5/c1-2-33-25(32)27-14-12-20(13-15-27)28-16-21(22(29)24(28)31)23(30)26-19-10-8-18(9-11-19)17-6-4-3-5-7-17/h3-7,18-20,29H,2,8-16H2,1H3,(H,26,30)/t18-,19+. The molecule has 2 fully saturated rings. The SMILES string of the molecule is CCOC(=O)N1CCC(N2CC(C(=O)N[C@H]3CC[C@@H](c4ccccc4)CC3)=C(O)C2=O)CC1. The van der Waals surface area contributed by atoms with Gasteiger partial charge in [-0.05, 0) is 56.9 Å². The number of aliphatic hydroxyl groups is 1. The van der Waals surface area contributed by atoms with E-state index in [1.165, 1.54) is 5.56 Å². The van der Waals surface area contributed by atoms with Crippen LogP contribution in [0.25, 0.3) is 0 Å². The Morgan fingerprint density at radius 1 is 1.06 bits per heavy atom. The minimum atomic E-state index is -0.498. The lowest BCUT2D eigenvalue weighted by Crippen LogP contribution is -2.48. The number of carbonyl (C=O) groups is 3. The van der Waals surface area contributed by atoms with Gasteiger partial charge in [-0.15, -0.1) is 0 Å². The second kappa shape index (κ2) is 10.3. The molecule has 33 heavy (non-hydrogen) atoms. The Morgan fingerprint density at radius 2 is 1.73 bits per heavy atom. The molecule has 0 aromatic heterocycles. The van der Waals surface area contributed by atoms with Crippen LogP contribution in [-0.2, 0) is 14.3 Å². The molecule has 1 saturated carbocycles. The van der Waals surface area contributed by atoms with Gasteiger partial charge in [-0.25, -0.2) is 4.79 Å². The fraction of sp³-hybridized carbons (Fsp3) is 0.560. The number of carbonyl (C=O) groups excluding carboxylic acids is 3. The summed E-state index contributed by atoms with van der Waals surface area (Å²) >= 11 is 0. The van der Waals surface area contributed by atoms with Gasteiger partial charge in [0.25, 0.3) is 11.8 Å². The van der Waals surface area contributed by atoms with Crippen molar-refractivity contribution in [3.63, 3.8) is 0 Å². The number of nitrogens with zero attached hydrogens (tertiary/aromatic N) is 2. The molecule has 3 aliphatic rings. The molecule has 8 nitrogen and oxygen atoms in total. The number of ether oxygens (including phenoxy) is 1. The Labute approximate surface area is 194 Å². The number of hydrogen-bond donors (Lipinski definition) is 2. The molecular weight excluding hydrogens is 422 g/mol. The number of rotatable bonds is 5. The zero-order chi connectivity index (χ0) is 23.4. The van der Waals surface area contributed by atoms with E-state index in [1.807, 2.05) is 6.07 Å². The lowest BCUT2D eigenvalue weighted by atomic mass is 9.82. The van der Waals surface area contributed by atoms with E-state index < -0.39 is 11.7 Å². The first-order chi connectivity index (χ1) is 16.0. The van der Waals surface area contributed by atoms with Crippen LogP contribution < -0.4 is 5.32 Å². The lowest BCUT2D eigenvalue weighted by Gasteiger charge is -2.36. The topological polar surface area (TPSA) is 99.2 Å². The van der Waals surface area contributed by atoms with Gasteiger partial charge in [-0.2, -0.15) is 0 Å². The monoisotopic (exact) mass is 455 g/mol. The van der Waals surface area contributed by atoms with Gasteiger partial charge in [-0.3, -0.25) is 9.59 Å². The fourth-order valence-electron chi connectivity index (χ4n) is 5.20. The first-order valence-corrected chi connectivity index (χ1v) is 12.0. The van der Waals surface area contributed by atoms with Crippen LogP contribution in [0, 0.1) is 0 Å². The quantitative estimate of drug-likeness (QED) is 0.711. The molecule has 3 amide bonds. The van der Waals surface area contributed by atoms with E-state index in [0.29, 0.717) is 38.5 Å². The molecule has 0 radical (unpaired) electrons. The predicted octanol–water partition coefficient (Wildman–Crippen LogP) is 3.10. The Morgan fingerprint density at radius 3 is 2.36 bits per heavy atom. The third kappa shape index (κ3) is 5.15. The van der Waals surface area contributed by atoms with Crippen LogP contribution in [0.5, 0.6) is 0 Å². The van der Waals surface area contributed by atoms with Gasteiger partial charge in [0.2, 0.25) is 0 Å². The molecule has 1 aromatic carbocycles. The molecule has 178 valence electrons. The van der Waals surface area contributed by atoms with Crippen LogP contribution >= 0.6 is 0 Å². The van der Waals surface area contributed by atoms with Crippen molar-refractivity contribution in [2.75, 3.05) is 26.2 Å². The van der Waals surface area contributed by atoms with Gasteiger partial charge in [0.05, 0.1) is 18.7 Å². The van der Waals surface area contributed by atoms with Gasteiger partial charge < -0.3 is 25.0 Å². The van der Waals surface area contributed by atoms with Gasteiger partial charge in [0, 0.05) is 25.2 Å². The van der Waals surface area contributed by atoms with E-state index in [9.17, 15) is 19.5 Å². The van der Waals surface area contributed by atoms with Crippen molar-refractivity contribution < 1.29 is 24.2 Å². The van der Waals surface area contributed by atoms with E-state index in [4.69, 9.17) is 4.74 Å². The lowest BCUT2D eigenvalue weighted by molar-refractivity contribution is -0.130. The summed E-state index contributed by atoms with van der Waals surface area (Å²) < 4.78 is 5.04. The molecule has 4 rings (SSSR count). The number of benzene rings is 1. The fourth-order valence-corrected chi connectivity index (χ4v) is 5.20. The second-order valence-corrected chi connectivity index (χ2v) is 9.11. The number of amides is 3. The zero-order valence-corrected chi connectivity index (χ0v) is 19.2. The van der Waals surface area contributed by atoms with E-state index in [-0.39, 0.29) is 36.2 Å². The van der Waals surface area contributed by atoms with Crippen molar-refractivity contribution in [1.82, 2.24) is 15.1 Å². The number of nitrogens with one attached hydrogen (secondary N) is 1. The van der Waals surface area contributed by atoms with Crippen molar-refractivity contribution in [3.05, 3.63) is 47.2 Å². The number of hydrogen-bond acceptors (Lipinski definition) is 5. The molecule has 0 atom stereocenters. The molecular formula is C25H33N3O5. The minimum Gasteiger partial charge on any atom is -0.503 e. The third-order valence-electron chi connectivity index (χ3n) is 7.12.